The highest BCUT2D eigenvalue weighted by Crippen LogP contribution is 2.38. The molecule has 2 fully saturated rings. The van der Waals surface area contributed by atoms with Crippen LogP contribution in [0.15, 0.2) is 30.3 Å². The first-order valence-corrected chi connectivity index (χ1v) is 8.51. The van der Waals surface area contributed by atoms with Gasteiger partial charge in [0.1, 0.15) is 0 Å². The van der Waals surface area contributed by atoms with Crippen molar-refractivity contribution in [2.24, 2.45) is 11.7 Å². The van der Waals surface area contributed by atoms with Crippen molar-refractivity contribution in [3.63, 3.8) is 0 Å². The molecule has 3 heteroatoms. The monoisotopic (exact) mass is 287 g/mol. The fourth-order valence-electron chi connectivity index (χ4n) is 4.35. The number of nitrogens with two attached hydrogens (primary N) is 1. The minimum Gasteiger partial charge on any atom is -0.369 e. The Balaban J connectivity index is 1.67. The van der Waals surface area contributed by atoms with E-state index in [2.05, 4.69) is 47.1 Å². The summed E-state index contributed by atoms with van der Waals surface area (Å²) in [5, 5.41) is 0. The summed E-state index contributed by atoms with van der Waals surface area (Å²) in [5.74, 6) is 0.736. The molecule has 1 aromatic rings. The van der Waals surface area contributed by atoms with Crippen molar-refractivity contribution < 1.29 is 0 Å². The Morgan fingerprint density at radius 3 is 2.43 bits per heavy atom. The largest absolute Gasteiger partial charge is 0.369 e. The summed E-state index contributed by atoms with van der Waals surface area (Å²) in [6.07, 6.45) is 5.36. The highest BCUT2D eigenvalue weighted by Gasteiger charge is 2.42. The summed E-state index contributed by atoms with van der Waals surface area (Å²) in [5.41, 5.74) is 7.87. The number of rotatable bonds is 3. The van der Waals surface area contributed by atoms with E-state index in [4.69, 9.17) is 5.73 Å². The minimum atomic E-state index is 0.265. The number of benzene rings is 1. The zero-order chi connectivity index (χ0) is 14.7. The van der Waals surface area contributed by atoms with Gasteiger partial charge in [0, 0.05) is 44.0 Å². The lowest BCUT2D eigenvalue weighted by molar-refractivity contribution is 0.00933. The molecule has 1 saturated heterocycles. The van der Waals surface area contributed by atoms with Crippen molar-refractivity contribution in [3.05, 3.63) is 30.3 Å². The average molecular weight is 287 g/mol. The summed E-state index contributed by atoms with van der Waals surface area (Å²) < 4.78 is 0. The molecular formula is C18H29N3. The molecule has 1 aliphatic carbocycles. The van der Waals surface area contributed by atoms with E-state index < -0.39 is 0 Å². The molecular weight excluding hydrogens is 258 g/mol. The summed E-state index contributed by atoms with van der Waals surface area (Å²) >= 11 is 0. The second-order valence-corrected chi connectivity index (χ2v) is 6.76. The standard InChI is InChI=1S/C18H29N3/c1-16-7-5-6-10-18(16,15-19)21-13-11-20(12-14-21)17-8-3-2-4-9-17/h2-4,8-9,16H,5-7,10-15,19H2,1H3. The molecule has 2 unspecified atom stereocenters. The van der Waals surface area contributed by atoms with E-state index in [0.717, 1.165) is 38.6 Å². The zero-order valence-electron chi connectivity index (χ0n) is 13.3. The Kier molecular flexibility index (Phi) is 4.51. The van der Waals surface area contributed by atoms with Gasteiger partial charge >= 0.3 is 0 Å². The first-order valence-electron chi connectivity index (χ1n) is 8.51. The third-order valence-electron chi connectivity index (χ3n) is 5.80. The summed E-state index contributed by atoms with van der Waals surface area (Å²) in [4.78, 5) is 5.21. The van der Waals surface area contributed by atoms with Gasteiger partial charge in [-0.15, -0.1) is 0 Å². The Hall–Kier alpha value is -1.06. The van der Waals surface area contributed by atoms with Gasteiger partial charge in [-0.1, -0.05) is 38.0 Å². The van der Waals surface area contributed by atoms with Gasteiger partial charge < -0.3 is 10.6 Å². The van der Waals surface area contributed by atoms with E-state index in [0.29, 0.717) is 0 Å². The van der Waals surface area contributed by atoms with Crippen molar-refractivity contribution in [1.82, 2.24) is 4.90 Å². The molecule has 0 aromatic heterocycles. The zero-order valence-corrected chi connectivity index (χ0v) is 13.3. The number of para-hydroxylation sites is 1. The summed E-state index contributed by atoms with van der Waals surface area (Å²) in [6.45, 7) is 7.78. The first kappa shape index (κ1) is 14.9. The van der Waals surface area contributed by atoms with E-state index >= 15 is 0 Å². The molecule has 1 saturated carbocycles. The maximum atomic E-state index is 6.25. The van der Waals surface area contributed by atoms with Gasteiger partial charge in [0.15, 0.2) is 0 Å². The van der Waals surface area contributed by atoms with E-state index in [9.17, 15) is 0 Å². The van der Waals surface area contributed by atoms with E-state index in [1.807, 2.05) is 0 Å². The number of piperazine rings is 1. The molecule has 0 spiro atoms. The molecule has 0 radical (unpaired) electrons. The lowest BCUT2D eigenvalue weighted by atomic mass is 9.72. The Morgan fingerprint density at radius 2 is 1.81 bits per heavy atom. The Bertz CT molecular complexity index is 439. The maximum absolute atomic E-state index is 6.25. The SMILES string of the molecule is CC1CCCCC1(CN)N1CCN(c2ccccc2)CC1. The first-order chi connectivity index (χ1) is 10.3. The van der Waals surface area contributed by atoms with Gasteiger partial charge in [0.25, 0.3) is 0 Å². The molecule has 1 aromatic carbocycles. The van der Waals surface area contributed by atoms with Gasteiger partial charge in [0.05, 0.1) is 0 Å². The third-order valence-corrected chi connectivity index (χ3v) is 5.80. The Labute approximate surface area is 129 Å². The predicted octanol–water partition coefficient (Wildman–Crippen LogP) is 2.72. The average Bonchev–Trinajstić information content (AvgIpc) is 2.57. The van der Waals surface area contributed by atoms with Crippen LogP contribution in [0.2, 0.25) is 0 Å². The van der Waals surface area contributed by atoms with Crippen LogP contribution in [0.1, 0.15) is 32.6 Å². The molecule has 3 rings (SSSR count). The van der Waals surface area contributed by atoms with Crippen LogP contribution in [0, 0.1) is 5.92 Å². The molecule has 2 N–H and O–H groups in total. The molecule has 116 valence electrons. The molecule has 21 heavy (non-hydrogen) atoms. The van der Waals surface area contributed by atoms with Crippen molar-refractivity contribution >= 4 is 5.69 Å². The highest BCUT2D eigenvalue weighted by atomic mass is 15.3. The highest BCUT2D eigenvalue weighted by molar-refractivity contribution is 5.46. The fraction of sp³-hybridized carbons (Fsp3) is 0.667. The van der Waals surface area contributed by atoms with Crippen molar-refractivity contribution in [3.8, 4) is 0 Å². The quantitative estimate of drug-likeness (QED) is 0.928. The topological polar surface area (TPSA) is 32.5 Å². The smallest absolute Gasteiger partial charge is 0.0367 e. The van der Waals surface area contributed by atoms with Gasteiger partial charge in [-0.2, -0.15) is 0 Å². The second-order valence-electron chi connectivity index (χ2n) is 6.76. The van der Waals surface area contributed by atoms with Crippen LogP contribution in [0.4, 0.5) is 5.69 Å². The lowest BCUT2D eigenvalue weighted by Gasteiger charge is -2.53. The number of hydrogen-bond acceptors (Lipinski definition) is 3. The molecule has 1 aliphatic heterocycles. The normalized spacial score (nSPS) is 31.3. The Morgan fingerprint density at radius 1 is 1.10 bits per heavy atom. The van der Waals surface area contributed by atoms with Crippen LogP contribution < -0.4 is 10.6 Å². The maximum Gasteiger partial charge on any atom is 0.0367 e. The third kappa shape index (κ3) is 2.82. The molecule has 2 atom stereocenters. The second kappa shape index (κ2) is 6.37. The van der Waals surface area contributed by atoms with Gasteiger partial charge in [0.2, 0.25) is 0 Å². The minimum absolute atomic E-state index is 0.265. The van der Waals surface area contributed by atoms with Crippen LogP contribution in [0.5, 0.6) is 0 Å². The van der Waals surface area contributed by atoms with Crippen molar-refractivity contribution in [2.45, 2.75) is 38.1 Å². The van der Waals surface area contributed by atoms with Crippen LogP contribution >= 0.6 is 0 Å². The molecule has 0 amide bonds. The lowest BCUT2D eigenvalue weighted by Crippen LogP contribution is -2.64. The summed E-state index contributed by atoms with van der Waals surface area (Å²) in [6, 6.07) is 10.8. The summed E-state index contributed by atoms with van der Waals surface area (Å²) in [7, 11) is 0. The van der Waals surface area contributed by atoms with E-state index in [1.165, 1.54) is 31.4 Å². The fourth-order valence-corrected chi connectivity index (χ4v) is 4.35. The van der Waals surface area contributed by atoms with Crippen molar-refractivity contribution in [1.29, 1.82) is 0 Å². The molecule has 1 heterocycles. The number of hydrogen-bond donors (Lipinski definition) is 1. The van der Waals surface area contributed by atoms with Crippen LogP contribution in [0.3, 0.4) is 0 Å². The van der Waals surface area contributed by atoms with Crippen LogP contribution in [-0.2, 0) is 0 Å². The predicted molar refractivity (Wildman–Crippen MR) is 89.6 cm³/mol. The number of nitrogens with zero attached hydrogens (tertiary/aromatic N) is 2. The van der Waals surface area contributed by atoms with Gasteiger partial charge in [-0.05, 0) is 30.9 Å². The van der Waals surface area contributed by atoms with E-state index in [-0.39, 0.29) is 5.54 Å². The molecule has 0 bridgehead atoms. The number of anilines is 1. The van der Waals surface area contributed by atoms with Crippen LogP contribution in [0.25, 0.3) is 0 Å². The molecule has 2 aliphatic rings. The van der Waals surface area contributed by atoms with Crippen LogP contribution in [-0.4, -0.2) is 43.2 Å². The van der Waals surface area contributed by atoms with E-state index in [1.54, 1.807) is 0 Å². The van der Waals surface area contributed by atoms with Gasteiger partial charge in [-0.3, -0.25) is 4.90 Å². The van der Waals surface area contributed by atoms with Crippen molar-refractivity contribution in [2.75, 3.05) is 37.6 Å². The molecule has 3 nitrogen and oxygen atoms in total. The van der Waals surface area contributed by atoms with Gasteiger partial charge in [-0.25, -0.2) is 0 Å².